The summed E-state index contributed by atoms with van der Waals surface area (Å²) in [6.45, 7) is 5.66. The van der Waals surface area contributed by atoms with Crippen LogP contribution in [0.25, 0.3) is 0 Å². The summed E-state index contributed by atoms with van der Waals surface area (Å²) in [6, 6.07) is 0. The standard InChI is InChI=1S/C12H21N5O2/c1-4-9-14-10(12(18)19-3)11(13)17(9)16-7-5-15(2)6-8-16/h4-8,13H2,1-3H3. The van der Waals surface area contributed by atoms with Crippen LogP contribution in [-0.2, 0) is 11.2 Å². The maximum atomic E-state index is 11.6. The van der Waals surface area contributed by atoms with Crippen LogP contribution < -0.4 is 10.7 Å². The lowest BCUT2D eigenvalue weighted by atomic mass is 10.4. The van der Waals surface area contributed by atoms with Gasteiger partial charge in [0.2, 0.25) is 0 Å². The number of carbonyl (C=O) groups is 1. The minimum atomic E-state index is -0.486. The number of nitrogens with two attached hydrogens (primary N) is 1. The number of nitrogen functional groups attached to an aromatic ring is 1. The van der Waals surface area contributed by atoms with E-state index in [1.54, 1.807) is 0 Å². The summed E-state index contributed by atoms with van der Waals surface area (Å²) in [5.41, 5.74) is 6.27. The normalized spacial score (nSPS) is 16.7. The minimum Gasteiger partial charge on any atom is -0.464 e. The molecule has 7 nitrogen and oxygen atoms in total. The molecule has 1 aromatic heterocycles. The van der Waals surface area contributed by atoms with E-state index in [9.17, 15) is 4.79 Å². The monoisotopic (exact) mass is 267 g/mol. The average molecular weight is 267 g/mol. The zero-order valence-electron chi connectivity index (χ0n) is 11.7. The molecule has 2 heterocycles. The number of piperazine rings is 1. The lowest BCUT2D eigenvalue weighted by molar-refractivity contribution is 0.0595. The maximum absolute atomic E-state index is 11.6. The quantitative estimate of drug-likeness (QED) is 0.758. The zero-order chi connectivity index (χ0) is 14.0. The summed E-state index contributed by atoms with van der Waals surface area (Å²) in [6.07, 6.45) is 0.716. The van der Waals surface area contributed by atoms with Crippen LogP contribution in [0.1, 0.15) is 23.2 Å². The van der Waals surface area contributed by atoms with Crippen LogP contribution >= 0.6 is 0 Å². The molecule has 0 unspecified atom stereocenters. The fraction of sp³-hybridized carbons (Fsp3) is 0.667. The first-order chi connectivity index (χ1) is 9.08. The summed E-state index contributed by atoms with van der Waals surface area (Å²) >= 11 is 0. The van der Waals surface area contributed by atoms with Crippen molar-refractivity contribution in [2.24, 2.45) is 0 Å². The summed E-state index contributed by atoms with van der Waals surface area (Å²) < 4.78 is 6.57. The lowest BCUT2D eigenvalue weighted by Gasteiger charge is -2.35. The van der Waals surface area contributed by atoms with E-state index < -0.39 is 5.97 Å². The maximum Gasteiger partial charge on any atom is 0.360 e. The van der Waals surface area contributed by atoms with E-state index in [1.165, 1.54) is 7.11 Å². The van der Waals surface area contributed by atoms with Crippen molar-refractivity contribution in [3.8, 4) is 0 Å². The first kappa shape index (κ1) is 13.7. The number of esters is 1. The summed E-state index contributed by atoms with van der Waals surface area (Å²) in [5, 5.41) is 2.13. The number of hydrogen-bond acceptors (Lipinski definition) is 6. The molecule has 0 aromatic carbocycles. The minimum absolute atomic E-state index is 0.207. The number of imidazole rings is 1. The molecule has 106 valence electrons. The molecule has 0 spiro atoms. The number of likely N-dealkylation sites (N-methyl/N-ethyl adjacent to an activating group) is 1. The Kier molecular flexibility index (Phi) is 3.94. The van der Waals surface area contributed by atoms with Gasteiger partial charge in [-0.1, -0.05) is 6.92 Å². The van der Waals surface area contributed by atoms with Crippen LogP contribution in [0.15, 0.2) is 0 Å². The van der Waals surface area contributed by atoms with Crippen molar-refractivity contribution in [1.29, 1.82) is 0 Å². The SMILES string of the molecule is CCc1nc(C(=O)OC)c(N)n1N1CCN(C)CC1. The molecular weight excluding hydrogens is 246 g/mol. The van der Waals surface area contributed by atoms with Gasteiger partial charge in [-0.15, -0.1) is 0 Å². The molecule has 2 N–H and O–H groups in total. The molecule has 7 heteroatoms. The highest BCUT2D eigenvalue weighted by Crippen LogP contribution is 2.17. The van der Waals surface area contributed by atoms with Crippen molar-refractivity contribution < 1.29 is 9.53 Å². The Bertz CT molecular complexity index is 463. The van der Waals surface area contributed by atoms with Gasteiger partial charge in [0.1, 0.15) is 5.82 Å². The number of carbonyl (C=O) groups excluding carboxylic acids is 1. The Morgan fingerprint density at radius 3 is 2.53 bits per heavy atom. The first-order valence-corrected chi connectivity index (χ1v) is 6.47. The van der Waals surface area contributed by atoms with Crippen LogP contribution in [0.4, 0.5) is 5.82 Å². The van der Waals surface area contributed by atoms with Crippen molar-refractivity contribution in [1.82, 2.24) is 14.6 Å². The molecule has 1 fully saturated rings. The fourth-order valence-corrected chi connectivity index (χ4v) is 2.26. The number of nitrogens with zero attached hydrogens (tertiary/aromatic N) is 4. The van der Waals surface area contributed by atoms with E-state index in [0.29, 0.717) is 12.2 Å². The van der Waals surface area contributed by atoms with E-state index in [4.69, 9.17) is 10.5 Å². The molecule has 1 saturated heterocycles. The second-order valence-electron chi connectivity index (χ2n) is 4.68. The number of rotatable bonds is 3. The topological polar surface area (TPSA) is 76.6 Å². The number of methoxy groups -OCH3 is 1. The number of hydrogen-bond donors (Lipinski definition) is 1. The van der Waals surface area contributed by atoms with Crippen LogP contribution in [0.2, 0.25) is 0 Å². The van der Waals surface area contributed by atoms with E-state index >= 15 is 0 Å². The van der Waals surface area contributed by atoms with Crippen molar-refractivity contribution in [3.63, 3.8) is 0 Å². The van der Waals surface area contributed by atoms with Gasteiger partial charge in [0.25, 0.3) is 0 Å². The summed E-state index contributed by atoms with van der Waals surface area (Å²) in [5.74, 6) is 0.677. The Hall–Kier alpha value is -1.76. The molecule has 0 saturated carbocycles. The number of anilines is 1. The van der Waals surface area contributed by atoms with Crippen LogP contribution in [-0.4, -0.2) is 60.9 Å². The predicted molar refractivity (Wildman–Crippen MR) is 72.8 cm³/mol. The summed E-state index contributed by atoms with van der Waals surface area (Å²) in [4.78, 5) is 18.2. The third kappa shape index (κ3) is 2.51. The lowest BCUT2D eigenvalue weighted by Crippen LogP contribution is -2.50. The average Bonchev–Trinajstić information content (AvgIpc) is 2.76. The van der Waals surface area contributed by atoms with Gasteiger partial charge >= 0.3 is 5.97 Å². The second-order valence-corrected chi connectivity index (χ2v) is 4.68. The van der Waals surface area contributed by atoms with Crippen LogP contribution in [0.5, 0.6) is 0 Å². The molecule has 0 aliphatic carbocycles. The van der Waals surface area contributed by atoms with Gasteiger partial charge in [-0.3, -0.25) is 0 Å². The third-order valence-electron chi connectivity index (χ3n) is 3.41. The molecule has 1 aliphatic rings. The molecule has 0 amide bonds. The molecule has 1 aliphatic heterocycles. The van der Waals surface area contributed by atoms with Gasteiger partial charge in [-0.05, 0) is 7.05 Å². The molecule has 0 bridgehead atoms. The van der Waals surface area contributed by atoms with Crippen molar-refractivity contribution in [2.45, 2.75) is 13.3 Å². The zero-order valence-corrected chi connectivity index (χ0v) is 11.7. The Morgan fingerprint density at radius 1 is 1.37 bits per heavy atom. The first-order valence-electron chi connectivity index (χ1n) is 6.47. The summed E-state index contributed by atoms with van der Waals surface area (Å²) in [7, 11) is 3.43. The van der Waals surface area contributed by atoms with Gasteiger partial charge in [-0.2, -0.15) is 0 Å². The second kappa shape index (κ2) is 5.48. The van der Waals surface area contributed by atoms with Gasteiger partial charge in [0.15, 0.2) is 11.5 Å². The number of ether oxygens (including phenoxy) is 1. The Balaban J connectivity index is 2.33. The fourth-order valence-electron chi connectivity index (χ4n) is 2.26. The third-order valence-corrected chi connectivity index (χ3v) is 3.41. The van der Waals surface area contributed by atoms with Crippen LogP contribution in [0.3, 0.4) is 0 Å². The van der Waals surface area contributed by atoms with Gasteiger partial charge in [0, 0.05) is 32.6 Å². The molecule has 0 atom stereocenters. The Labute approximate surface area is 112 Å². The van der Waals surface area contributed by atoms with Crippen molar-refractivity contribution >= 4 is 11.8 Å². The number of aryl methyl sites for hydroxylation is 1. The predicted octanol–water partition coefficient (Wildman–Crippen LogP) is -0.302. The van der Waals surface area contributed by atoms with Gasteiger partial charge < -0.3 is 20.4 Å². The van der Waals surface area contributed by atoms with E-state index in [-0.39, 0.29) is 5.69 Å². The van der Waals surface area contributed by atoms with E-state index in [2.05, 4.69) is 21.9 Å². The largest absolute Gasteiger partial charge is 0.464 e. The molecular formula is C12H21N5O2. The number of aromatic nitrogens is 2. The highest BCUT2D eigenvalue weighted by molar-refractivity contribution is 5.92. The van der Waals surface area contributed by atoms with E-state index in [1.807, 2.05) is 11.6 Å². The highest BCUT2D eigenvalue weighted by Gasteiger charge is 2.25. The van der Waals surface area contributed by atoms with Gasteiger partial charge in [0.05, 0.1) is 7.11 Å². The van der Waals surface area contributed by atoms with Crippen molar-refractivity contribution in [2.75, 3.05) is 51.1 Å². The Morgan fingerprint density at radius 2 is 2.00 bits per heavy atom. The van der Waals surface area contributed by atoms with E-state index in [0.717, 1.165) is 32.0 Å². The van der Waals surface area contributed by atoms with Gasteiger partial charge in [-0.25, -0.2) is 14.5 Å². The van der Waals surface area contributed by atoms with Crippen LogP contribution in [0, 0.1) is 0 Å². The molecule has 19 heavy (non-hydrogen) atoms. The highest BCUT2D eigenvalue weighted by atomic mass is 16.5. The van der Waals surface area contributed by atoms with Crippen molar-refractivity contribution in [3.05, 3.63) is 11.5 Å². The molecule has 1 aromatic rings. The smallest absolute Gasteiger partial charge is 0.360 e. The molecule has 2 rings (SSSR count). The molecule has 0 radical (unpaired) electrons.